The standard InChI is InChI=1S/C23H30N4O3S2/c1-17(23(28)25-21-9-5-7-18-6-3-4-8-20(18)21)31-22-11-10-19(16-24-22)32(29,30)27-14-12-26(2)13-15-27/h3-4,6,8,10-11,16-17,21H,5,7,9,12-15H2,1-2H3,(H,25,28)/t17-,21-/m0/s1. The Balaban J connectivity index is 1.37. The second kappa shape index (κ2) is 9.91. The summed E-state index contributed by atoms with van der Waals surface area (Å²) >= 11 is 1.34. The Kier molecular flexibility index (Phi) is 7.19. The zero-order chi connectivity index (χ0) is 22.7. The van der Waals surface area contributed by atoms with Crippen molar-refractivity contribution in [2.24, 2.45) is 0 Å². The summed E-state index contributed by atoms with van der Waals surface area (Å²) in [5.41, 5.74) is 2.52. The van der Waals surface area contributed by atoms with Crippen molar-refractivity contribution in [1.29, 1.82) is 0 Å². The third-order valence-corrected chi connectivity index (χ3v) is 9.09. The van der Waals surface area contributed by atoms with Crippen molar-refractivity contribution in [3.63, 3.8) is 0 Å². The summed E-state index contributed by atoms with van der Waals surface area (Å²) in [6.45, 7) is 4.26. The third kappa shape index (κ3) is 5.17. The van der Waals surface area contributed by atoms with Crippen LogP contribution in [0.1, 0.15) is 36.9 Å². The number of amides is 1. The van der Waals surface area contributed by atoms with Gasteiger partial charge < -0.3 is 10.2 Å². The first kappa shape index (κ1) is 23.2. The van der Waals surface area contributed by atoms with E-state index in [1.807, 2.05) is 26.1 Å². The van der Waals surface area contributed by atoms with E-state index in [2.05, 4.69) is 27.3 Å². The number of likely N-dealkylation sites (N-methyl/N-ethyl adjacent to an activating group) is 1. The summed E-state index contributed by atoms with van der Waals surface area (Å²) in [5, 5.41) is 3.48. The van der Waals surface area contributed by atoms with Gasteiger partial charge in [0.15, 0.2) is 0 Å². The lowest BCUT2D eigenvalue weighted by atomic mass is 9.88. The second-order valence-corrected chi connectivity index (χ2v) is 11.8. The number of nitrogens with zero attached hydrogens (tertiary/aromatic N) is 3. The molecular formula is C23H30N4O3S2. The average molecular weight is 475 g/mol. The smallest absolute Gasteiger partial charge is 0.244 e. The number of benzene rings is 1. The summed E-state index contributed by atoms with van der Waals surface area (Å²) < 4.78 is 27.2. The van der Waals surface area contributed by atoms with Crippen molar-refractivity contribution in [3.05, 3.63) is 53.7 Å². The van der Waals surface area contributed by atoms with Crippen LogP contribution >= 0.6 is 11.8 Å². The Morgan fingerprint density at radius 1 is 1.16 bits per heavy atom. The van der Waals surface area contributed by atoms with Crippen molar-refractivity contribution < 1.29 is 13.2 Å². The number of aromatic nitrogens is 1. The number of carbonyl (C=O) groups is 1. The minimum absolute atomic E-state index is 0.0346. The lowest BCUT2D eigenvalue weighted by molar-refractivity contribution is -0.121. The topological polar surface area (TPSA) is 82.6 Å². The van der Waals surface area contributed by atoms with Crippen LogP contribution in [0, 0.1) is 0 Å². The number of sulfonamides is 1. The zero-order valence-electron chi connectivity index (χ0n) is 18.5. The molecule has 1 saturated heterocycles. The van der Waals surface area contributed by atoms with E-state index < -0.39 is 10.0 Å². The molecule has 1 N–H and O–H groups in total. The number of pyridine rings is 1. The van der Waals surface area contributed by atoms with E-state index in [0.29, 0.717) is 18.1 Å². The van der Waals surface area contributed by atoms with E-state index in [9.17, 15) is 13.2 Å². The lowest BCUT2D eigenvalue weighted by Crippen LogP contribution is -2.47. The summed E-state index contributed by atoms with van der Waals surface area (Å²) in [6, 6.07) is 11.6. The molecule has 1 aliphatic heterocycles. The average Bonchev–Trinajstić information content (AvgIpc) is 2.80. The van der Waals surface area contributed by atoms with Crippen LogP contribution in [0.5, 0.6) is 0 Å². The normalized spacial score (nSPS) is 21.0. The molecule has 0 bridgehead atoms. The fourth-order valence-electron chi connectivity index (χ4n) is 4.19. The van der Waals surface area contributed by atoms with Gasteiger partial charge in [0.1, 0.15) is 4.90 Å². The van der Waals surface area contributed by atoms with E-state index in [4.69, 9.17) is 0 Å². The minimum atomic E-state index is -3.54. The number of thioether (sulfide) groups is 1. The summed E-state index contributed by atoms with van der Waals surface area (Å²) in [4.78, 5) is 19.5. The van der Waals surface area contributed by atoms with E-state index in [-0.39, 0.29) is 22.1 Å². The molecule has 7 nitrogen and oxygen atoms in total. The lowest BCUT2D eigenvalue weighted by Gasteiger charge is -2.31. The van der Waals surface area contributed by atoms with Gasteiger partial charge >= 0.3 is 0 Å². The molecule has 2 aliphatic rings. The fourth-order valence-corrected chi connectivity index (χ4v) is 6.36. The molecule has 0 radical (unpaired) electrons. The first-order valence-electron chi connectivity index (χ1n) is 11.0. The number of fused-ring (bicyclic) bond motifs is 1. The highest BCUT2D eigenvalue weighted by Gasteiger charge is 2.28. The fraction of sp³-hybridized carbons (Fsp3) is 0.478. The predicted octanol–water partition coefficient (Wildman–Crippen LogP) is 2.69. The number of piperazine rings is 1. The quantitative estimate of drug-likeness (QED) is 0.649. The number of aryl methyl sites for hydroxylation is 1. The number of carbonyl (C=O) groups excluding carboxylic acids is 1. The monoisotopic (exact) mass is 474 g/mol. The van der Waals surface area contributed by atoms with Crippen molar-refractivity contribution in [2.45, 2.75) is 47.4 Å². The molecule has 4 rings (SSSR count). The molecule has 1 fully saturated rings. The Labute approximate surface area is 194 Å². The molecular weight excluding hydrogens is 444 g/mol. The van der Waals surface area contributed by atoms with Crippen LogP contribution < -0.4 is 5.32 Å². The Morgan fingerprint density at radius 3 is 2.62 bits per heavy atom. The van der Waals surface area contributed by atoms with Gasteiger partial charge in [0.05, 0.1) is 16.3 Å². The van der Waals surface area contributed by atoms with Gasteiger partial charge in [-0.3, -0.25) is 4.79 Å². The van der Waals surface area contributed by atoms with Crippen LogP contribution in [-0.4, -0.2) is 67.0 Å². The second-order valence-electron chi connectivity index (χ2n) is 8.45. The highest BCUT2D eigenvalue weighted by Crippen LogP contribution is 2.30. The van der Waals surface area contributed by atoms with Crippen LogP contribution in [0.3, 0.4) is 0 Å². The summed E-state index contributed by atoms with van der Waals surface area (Å²) in [5.74, 6) is -0.0346. The number of hydrogen-bond donors (Lipinski definition) is 1. The maximum absolute atomic E-state index is 12.9. The van der Waals surface area contributed by atoms with Crippen LogP contribution in [0.25, 0.3) is 0 Å². The van der Waals surface area contributed by atoms with Gasteiger partial charge in [-0.15, -0.1) is 0 Å². The van der Waals surface area contributed by atoms with Gasteiger partial charge in [0, 0.05) is 32.4 Å². The van der Waals surface area contributed by atoms with Crippen molar-refractivity contribution in [2.75, 3.05) is 33.2 Å². The molecule has 1 aliphatic carbocycles. The van der Waals surface area contributed by atoms with Gasteiger partial charge in [-0.05, 0) is 56.5 Å². The van der Waals surface area contributed by atoms with E-state index in [1.54, 1.807) is 12.1 Å². The third-order valence-electron chi connectivity index (χ3n) is 6.16. The molecule has 0 spiro atoms. The van der Waals surface area contributed by atoms with Crippen molar-refractivity contribution in [1.82, 2.24) is 19.5 Å². The minimum Gasteiger partial charge on any atom is -0.348 e. The molecule has 0 saturated carbocycles. The van der Waals surface area contributed by atoms with Gasteiger partial charge in [0.25, 0.3) is 0 Å². The molecule has 172 valence electrons. The Bertz CT molecular complexity index is 1050. The Morgan fingerprint density at radius 2 is 1.91 bits per heavy atom. The SMILES string of the molecule is C[C@H](Sc1ccc(S(=O)(=O)N2CCN(C)CC2)cn1)C(=O)N[C@H]1CCCc2ccccc21. The maximum atomic E-state index is 12.9. The number of rotatable bonds is 6. The summed E-state index contributed by atoms with van der Waals surface area (Å²) in [7, 11) is -1.55. The van der Waals surface area contributed by atoms with Crippen LogP contribution in [0.4, 0.5) is 0 Å². The van der Waals surface area contributed by atoms with Gasteiger partial charge in [-0.1, -0.05) is 36.0 Å². The van der Waals surface area contributed by atoms with E-state index in [0.717, 1.165) is 32.4 Å². The van der Waals surface area contributed by atoms with Gasteiger partial charge in [0.2, 0.25) is 15.9 Å². The highest BCUT2D eigenvalue weighted by molar-refractivity contribution is 8.00. The van der Waals surface area contributed by atoms with Crippen molar-refractivity contribution >= 4 is 27.7 Å². The summed E-state index contributed by atoms with van der Waals surface area (Å²) in [6.07, 6.45) is 4.46. The van der Waals surface area contributed by atoms with Gasteiger partial charge in [-0.2, -0.15) is 4.31 Å². The molecule has 2 aromatic rings. The first-order chi connectivity index (χ1) is 15.3. The molecule has 1 aromatic heterocycles. The van der Waals surface area contributed by atoms with E-state index in [1.165, 1.54) is 33.4 Å². The Hall–Kier alpha value is -1.94. The van der Waals surface area contributed by atoms with Crippen LogP contribution in [-0.2, 0) is 21.2 Å². The van der Waals surface area contributed by atoms with Crippen LogP contribution in [0.2, 0.25) is 0 Å². The highest BCUT2D eigenvalue weighted by atomic mass is 32.2. The maximum Gasteiger partial charge on any atom is 0.244 e. The van der Waals surface area contributed by atoms with Crippen LogP contribution in [0.15, 0.2) is 52.5 Å². The number of hydrogen-bond acceptors (Lipinski definition) is 6. The molecule has 2 heterocycles. The van der Waals surface area contributed by atoms with Crippen molar-refractivity contribution in [3.8, 4) is 0 Å². The van der Waals surface area contributed by atoms with Gasteiger partial charge in [-0.25, -0.2) is 13.4 Å². The first-order valence-corrected chi connectivity index (χ1v) is 13.4. The largest absolute Gasteiger partial charge is 0.348 e. The zero-order valence-corrected chi connectivity index (χ0v) is 20.2. The van der Waals surface area contributed by atoms with E-state index >= 15 is 0 Å². The molecule has 1 aromatic carbocycles. The molecule has 9 heteroatoms. The number of nitrogens with one attached hydrogen (secondary N) is 1. The molecule has 1 amide bonds. The molecule has 32 heavy (non-hydrogen) atoms. The predicted molar refractivity (Wildman–Crippen MR) is 126 cm³/mol. The molecule has 0 unspecified atom stereocenters. The molecule has 2 atom stereocenters.